The third-order valence-corrected chi connectivity index (χ3v) is 1.41. The third-order valence-electron chi connectivity index (χ3n) is 1.41. The Morgan fingerprint density at radius 3 is 1.47 bits per heavy atom. The molecule has 15 heavy (non-hydrogen) atoms. The summed E-state index contributed by atoms with van der Waals surface area (Å²) in [7, 11) is 0. The maximum atomic E-state index is 11.4. The standard InChI is InChI=1S/C11H18O4/c1-6-9(10(12)14-7(2)3)11(13)15-8(4)5/h6-8H,1-5H3. The van der Waals surface area contributed by atoms with Crippen LogP contribution in [0.2, 0.25) is 0 Å². The molecule has 0 atom stereocenters. The summed E-state index contributed by atoms with van der Waals surface area (Å²) in [5, 5.41) is 0. The molecule has 0 heterocycles. The van der Waals surface area contributed by atoms with Gasteiger partial charge in [0.15, 0.2) is 0 Å². The molecule has 0 aliphatic carbocycles. The van der Waals surface area contributed by atoms with E-state index in [9.17, 15) is 9.59 Å². The van der Waals surface area contributed by atoms with Crippen LogP contribution in [0.15, 0.2) is 11.6 Å². The maximum Gasteiger partial charge on any atom is 0.345 e. The van der Waals surface area contributed by atoms with Crippen molar-refractivity contribution in [2.24, 2.45) is 0 Å². The van der Waals surface area contributed by atoms with E-state index in [4.69, 9.17) is 9.47 Å². The highest BCUT2D eigenvalue weighted by Gasteiger charge is 2.21. The first-order chi connectivity index (χ1) is 6.88. The first kappa shape index (κ1) is 13.7. The molecule has 0 saturated carbocycles. The zero-order valence-electron chi connectivity index (χ0n) is 9.87. The fourth-order valence-corrected chi connectivity index (χ4v) is 0.874. The molecule has 0 aromatic rings. The van der Waals surface area contributed by atoms with Crippen molar-refractivity contribution in [2.75, 3.05) is 0 Å². The Hall–Kier alpha value is -1.32. The van der Waals surface area contributed by atoms with Crippen molar-refractivity contribution in [3.05, 3.63) is 11.6 Å². The molecule has 0 amide bonds. The zero-order chi connectivity index (χ0) is 12.0. The van der Waals surface area contributed by atoms with Gasteiger partial charge in [0.25, 0.3) is 0 Å². The van der Waals surface area contributed by atoms with Crippen LogP contribution in [0.4, 0.5) is 0 Å². The average Bonchev–Trinajstić information content (AvgIpc) is 2.01. The predicted molar refractivity (Wildman–Crippen MR) is 56.2 cm³/mol. The van der Waals surface area contributed by atoms with Gasteiger partial charge in [-0.2, -0.15) is 0 Å². The van der Waals surface area contributed by atoms with Crippen molar-refractivity contribution in [2.45, 2.75) is 46.8 Å². The molecular formula is C11H18O4. The van der Waals surface area contributed by atoms with Crippen LogP contribution in [-0.2, 0) is 19.1 Å². The minimum atomic E-state index is -0.641. The number of hydrogen-bond donors (Lipinski definition) is 0. The predicted octanol–water partition coefficient (Wildman–Crippen LogP) is 1.84. The van der Waals surface area contributed by atoms with Crippen LogP contribution in [0, 0.1) is 0 Å². The highest BCUT2D eigenvalue weighted by Crippen LogP contribution is 2.05. The Morgan fingerprint density at radius 2 is 1.27 bits per heavy atom. The lowest BCUT2D eigenvalue weighted by atomic mass is 10.2. The summed E-state index contributed by atoms with van der Waals surface area (Å²) in [6.07, 6.45) is 0.897. The van der Waals surface area contributed by atoms with E-state index < -0.39 is 11.9 Å². The van der Waals surface area contributed by atoms with E-state index in [-0.39, 0.29) is 17.8 Å². The topological polar surface area (TPSA) is 52.6 Å². The molecule has 0 bridgehead atoms. The van der Waals surface area contributed by atoms with Gasteiger partial charge in [-0.1, -0.05) is 6.08 Å². The molecule has 0 aliphatic rings. The van der Waals surface area contributed by atoms with Crippen molar-refractivity contribution in [3.8, 4) is 0 Å². The van der Waals surface area contributed by atoms with Crippen LogP contribution in [0.25, 0.3) is 0 Å². The summed E-state index contributed by atoms with van der Waals surface area (Å²) in [4.78, 5) is 22.8. The quantitative estimate of drug-likeness (QED) is 0.310. The number of ether oxygens (including phenoxy) is 2. The molecule has 86 valence electrons. The summed E-state index contributed by atoms with van der Waals surface area (Å²) < 4.78 is 9.80. The van der Waals surface area contributed by atoms with E-state index in [0.717, 1.165) is 0 Å². The monoisotopic (exact) mass is 214 g/mol. The van der Waals surface area contributed by atoms with Crippen molar-refractivity contribution in [3.63, 3.8) is 0 Å². The summed E-state index contributed by atoms with van der Waals surface area (Å²) in [5.74, 6) is -1.28. The van der Waals surface area contributed by atoms with Gasteiger partial charge in [0.2, 0.25) is 0 Å². The van der Waals surface area contributed by atoms with Gasteiger partial charge < -0.3 is 9.47 Å². The molecule has 0 aromatic heterocycles. The Balaban J connectivity index is 4.50. The lowest BCUT2D eigenvalue weighted by molar-refractivity contribution is -0.150. The maximum absolute atomic E-state index is 11.4. The smallest absolute Gasteiger partial charge is 0.345 e. The number of rotatable bonds is 4. The molecule has 4 heteroatoms. The van der Waals surface area contributed by atoms with Crippen LogP contribution >= 0.6 is 0 Å². The van der Waals surface area contributed by atoms with Crippen LogP contribution in [0.1, 0.15) is 34.6 Å². The normalized spacial score (nSPS) is 10.1. The van der Waals surface area contributed by atoms with E-state index in [2.05, 4.69) is 0 Å². The second-order valence-electron chi connectivity index (χ2n) is 3.61. The lowest BCUT2D eigenvalue weighted by Crippen LogP contribution is -2.22. The van der Waals surface area contributed by atoms with E-state index in [1.165, 1.54) is 6.08 Å². The van der Waals surface area contributed by atoms with Crippen molar-refractivity contribution < 1.29 is 19.1 Å². The molecule has 0 spiro atoms. The Morgan fingerprint density at radius 1 is 0.933 bits per heavy atom. The summed E-state index contributed by atoms with van der Waals surface area (Å²) in [6.45, 7) is 8.48. The second-order valence-corrected chi connectivity index (χ2v) is 3.61. The van der Waals surface area contributed by atoms with Gasteiger partial charge in [-0.25, -0.2) is 9.59 Å². The molecule has 4 nitrogen and oxygen atoms in total. The highest BCUT2D eigenvalue weighted by atomic mass is 16.6. The van der Waals surface area contributed by atoms with Gasteiger partial charge in [0.1, 0.15) is 5.57 Å². The average molecular weight is 214 g/mol. The van der Waals surface area contributed by atoms with Crippen LogP contribution in [0.3, 0.4) is 0 Å². The van der Waals surface area contributed by atoms with E-state index >= 15 is 0 Å². The van der Waals surface area contributed by atoms with Gasteiger partial charge in [-0.05, 0) is 34.6 Å². The third kappa shape index (κ3) is 5.20. The van der Waals surface area contributed by atoms with Gasteiger partial charge in [0.05, 0.1) is 12.2 Å². The molecule has 0 aliphatic heterocycles. The van der Waals surface area contributed by atoms with E-state index in [1.807, 2.05) is 0 Å². The molecule has 0 fully saturated rings. The van der Waals surface area contributed by atoms with Crippen LogP contribution in [0.5, 0.6) is 0 Å². The molecule has 0 unspecified atom stereocenters. The first-order valence-electron chi connectivity index (χ1n) is 4.96. The van der Waals surface area contributed by atoms with E-state index in [1.54, 1.807) is 34.6 Å². The zero-order valence-corrected chi connectivity index (χ0v) is 9.87. The number of esters is 2. The first-order valence-corrected chi connectivity index (χ1v) is 4.96. The SMILES string of the molecule is CC=C(C(=O)OC(C)C)C(=O)OC(C)C. The molecule has 0 saturated heterocycles. The largest absolute Gasteiger partial charge is 0.459 e. The van der Waals surface area contributed by atoms with Gasteiger partial charge in [0, 0.05) is 0 Å². The van der Waals surface area contributed by atoms with Crippen molar-refractivity contribution in [1.29, 1.82) is 0 Å². The van der Waals surface area contributed by atoms with Gasteiger partial charge in [-0.3, -0.25) is 0 Å². The number of allylic oxidation sites excluding steroid dienone is 1. The molecule has 0 aromatic carbocycles. The van der Waals surface area contributed by atoms with Crippen molar-refractivity contribution >= 4 is 11.9 Å². The van der Waals surface area contributed by atoms with Crippen LogP contribution in [-0.4, -0.2) is 24.1 Å². The highest BCUT2D eigenvalue weighted by molar-refractivity contribution is 6.14. The number of carbonyl (C=O) groups is 2. The van der Waals surface area contributed by atoms with Gasteiger partial charge >= 0.3 is 11.9 Å². The lowest BCUT2D eigenvalue weighted by Gasteiger charge is -2.11. The number of carbonyl (C=O) groups excluding carboxylic acids is 2. The minimum absolute atomic E-state index is 0.0580. The summed E-state index contributed by atoms with van der Waals surface area (Å²) in [6, 6.07) is 0. The number of hydrogen-bond acceptors (Lipinski definition) is 4. The molecule has 0 radical (unpaired) electrons. The summed E-state index contributed by atoms with van der Waals surface area (Å²) in [5.41, 5.74) is -0.0580. The molecule has 0 N–H and O–H groups in total. The Kier molecular flexibility index (Phi) is 5.67. The summed E-state index contributed by atoms with van der Waals surface area (Å²) >= 11 is 0. The fraction of sp³-hybridized carbons (Fsp3) is 0.636. The Bertz CT molecular complexity index is 240. The fourth-order valence-electron chi connectivity index (χ4n) is 0.874. The molecule has 0 rings (SSSR count). The Labute approximate surface area is 90.2 Å². The van der Waals surface area contributed by atoms with Crippen LogP contribution < -0.4 is 0 Å². The van der Waals surface area contributed by atoms with E-state index in [0.29, 0.717) is 0 Å². The minimum Gasteiger partial charge on any atom is -0.459 e. The molecular weight excluding hydrogens is 196 g/mol. The van der Waals surface area contributed by atoms with Gasteiger partial charge in [-0.15, -0.1) is 0 Å². The van der Waals surface area contributed by atoms with Crippen molar-refractivity contribution in [1.82, 2.24) is 0 Å². The second kappa shape index (κ2) is 6.22.